The number of ether oxygens (including phenoxy) is 1. The third-order valence-corrected chi connectivity index (χ3v) is 6.83. The van der Waals surface area contributed by atoms with Crippen LogP contribution in [0.2, 0.25) is 0 Å². The summed E-state index contributed by atoms with van der Waals surface area (Å²) >= 11 is 1.68. The van der Waals surface area contributed by atoms with Gasteiger partial charge in [0.05, 0.1) is 11.5 Å². The van der Waals surface area contributed by atoms with Gasteiger partial charge >= 0.3 is 0 Å². The van der Waals surface area contributed by atoms with E-state index in [1.54, 1.807) is 18.0 Å². The number of carbonyl (C=O) groups excluding carboxylic acids is 1. The SMILES string of the molecule is COCCNS(=O)(=O)c1ccc(C(=O)Nc2ccc(SCc3cccnc3)cc2)cc1. The lowest BCUT2D eigenvalue weighted by atomic mass is 10.2. The van der Waals surface area contributed by atoms with Gasteiger partial charge in [-0.3, -0.25) is 9.78 Å². The van der Waals surface area contributed by atoms with Gasteiger partial charge in [-0.25, -0.2) is 13.1 Å². The fraction of sp³-hybridized carbons (Fsp3) is 0.182. The number of benzene rings is 2. The molecule has 0 aliphatic heterocycles. The molecule has 0 spiro atoms. The first-order valence-electron chi connectivity index (χ1n) is 9.50. The van der Waals surface area contributed by atoms with Crippen molar-refractivity contribution in [3.63, 3.8) is 0 Å². The van der Waals surface area contributed by atoms with Gasteiger partial charge in [0.2, 0.25) is 10.0 Å². The highest BCUT2D eigenvalue weighted by molar-refractivity contribution is 7.98. The number of rotatable bonds is 10. The molecule has 1 aromatic heterocycles. The highest BCUT2D eigenvalue weighted by atomic mass is 32.2. The van der Waals surface area contributed by atoms with E-state index in [0.29, 0.717) is 11.3 Å². The number of aromatic nitrogens is 1. The van der Waals surface area contributed by atoms with Crippen molar-refractivity contribution >= 4 is 33.4 Å². The van der Waals surface area contributed by atoms with Crippen molar-refractivity contribution in [1.82, 2.24) is 9.71 Å². The van der Waals surface area contributed by atoms with Gasteiger partial charge in [-0.05, 0) is 60.2 Å². The number of hydrogen-bond donors (Lipinski definition) is 2. The number of nitrogens with zero attached hydrogens (tertiary/aromatic N) is 1. The summed E-state index contributed by atoms with van der Waals surface area (Å²) in [5.41, 5.74) is 2.17. The molecule has 0 aliphatic carbocycles. The predicted molar refractivity (Wildman–Crippen MR) is 122 cm³/mol. The van der Waals surface area contributed by atoms with Crippen LogP contribution in [0.15, 0.2) is 82.8 Å². The second-order valence-corrected chi connectivity index (χ2v) is 9.36. The fourth-order valence-corrected chi connectivity index (χ4v) is 4.48. The second-order valence-electron chi connectivity index (χ2n) is 6.54. The Bertz CT molecular complexity index is 1090. The number of nitrogens with one attached hydrogen (secondary N) is 2. The maximum Gasteiger partial charge on any atom is 0.255 e. The van der Waals surface area contributed by atoms with Gasteiger partial charge in [0.1, 0.15) is 0 Å². The number of methoxy groups -OCH3 is 1. The third-order valence-electron chi connectivity index (χ3n) is 4.27. The zero-order valence-electron chi connectivity index (χ0n) is 16.9. The third kappa shape index (κ3) is 6.90. The smallest absolute Gasteiger partial charge is 0.255 e. The minimum absolute atomic E-state index is 0.0927. The number of carbonyl (C=O) groups is 1. The summed E-state index contributed by atoms with van der Waals surface area (Å²) in [5, 5.41) is 2.82. The average molecular weight is 458 g/mol. The number of hydrogen-bond acceptors (Lipinski definition) is 6. The van der Waals surface area contributed by atoms with Crippen molar-refractivity contribution in [2.24, 2.45) is 0 Å². The maximum atomic E-state index is 12.5. The van der Waals surface area contributed by atoms with Gasteiger partial charge in [0, 0.05) is 47.9 Å². The van der Waals surface area contributed by atoms with E-state index in [1.165, 1.54) is 31.4 Å². The molecule has 7 nitrogen and oxygen atoms in total. The van der Waals surface area contributed by atoms with Crippen LogP contribution in [0.5, 0.6) is 0 Å². The molecule has 2 N–H and O–H groups in total. The highest BCUT2D eigenvalue weighted by Crippen LogP contribution is 2.24. The molecule has 1 amide bonds. The molecule has 0 radical (unpaired) electrons. The zero-order valence-corrected chi connectivity index (χ0v) is 18.6. The summed E-state index contributed by atoms with van der Waals surface area (Å²) in [6.45, 7) is 0.456. The van der Waals surface area contributed by atoms with Gasteiger partial charge < -0.3 is 10.1 Å². The number of amides is 1. The Morgan fingerprint density at radius 2 is 1.81 bits per heavy atom. The Balaban J connectivity index is 1.56. The van der Waals surface area contributed by atoms with Crippen molar-refractivity contribution in [2.45, 2.75) is 15.5 Å². The predicted octanol–water partition coefficient (Wildman–Crippen LogP) is 3.55. The molecule has 1 heterocycles. The first-order valence-corrected chi connectivity index (χ1v) is 12.0. The van der Waals surface area contributed by atoms with Crippen molar-refractivity contribution in [1.29, 1.82) is 0 Å². The minimum Gasteiger partial charge on any atom is -0.383 e. The van der Waals surface area contributed by atoms with Gasteiger partial charge in [-0.15, -0.1) is 11.8 Å². The zero-order chi connectivity index (χ0) is 22.1. The van der Waals surface area contributed by atoms with Crippen LogP contribution < -0.4 is 10.0 Å². The molecule has 31 heavy (non-hydrogen) atoms. The molecule has 0 atom stereocenters. The van der Waals surface area contributed by atoms with Crippen LogP contribution in [-0.4, -0.2) is 39.6 Å². The Labute approximate surface area is 186 Å². The summed E-state index contributed by atoms with van der Waals surface area (Å²) in [6, 6.07) is 17.3. The van der Waals surface area contributed by atoms with Crippen LogP contribution >= 0.6 is 11.8 Å². The molecule has 0 unspecified atom stereocenters. The highest BCUT2D eigenvalue weighted by Gasteiger charge is 2.14. The first-order chi connectivity index (χ1) is 15.0. The molecule has 0 fully saturated rings. The van der Waals surface area contributed by atoms with Gasteiger partial charge in [-0.2, -0.15) is 0 Å². The molecule has 0 saturated heterocycles. The fourth-order valence-electron chi connectivity index (χ4n) is 2.63. The van der Waals surface area contributed by atoms with Crippen LogP contribution in [0.3, 0.4) is 0 Å². The number of thioether (sulfide) groups is 1. The van der Waals surface area contributed by atoms with E-state index < -0.39 is 10.0 Å². The molecule has 0 bridgehead atoms. The van der Waals surface area contributed by atoms with Crippen LogP contribution in [0.1, 0.15) is 15.9 Å². The molecule has 0 saturated carbocycles. The summed E-state index contributed by atoms with van der Waals surface area (Å²) in [5.74, 6) is 0.502. The van der Waals surface area contributed by atoms with E-state index in [2.05, 4.69) is 15.0 Å². The lowest BCUT2D eigenvalue weighted by Crippen LogP contribution is -2.27. The van der Waals surface area contributed by atoms with Gasteiger partial charge in [0.15, 0.2) is 0 Å². The second kappa shape index (κ2) is 11.1. The minimum atomic E-state index is -3.63. The topological polar surface area (TPSA) is 97.4 Å². The molecular formula is C22H23N3O4S2. The number of pyridine rings is 1. The van der Waals surface area contributed by atoms with Gasteiger partial charge in [0.25, 0.3) is 5.91 Å². The molecule has 162 valence electrons. The Hall–Kier alpha value is -2.72. The van der Waals surface area contributed by atoms with Crippen LogP contribution in [0.25, 0.3) is 0 Å². The lowest BCUT2D eigenvalue weighted by Gasteiger charge is -2.09. The monoisotopic (exact) mass is 457 g/mol. The average Bonchev–Trinajstić information content (AvgIpc) is 2.79. The molecule has 3 rings (SSSR count). The van der Waals surface area contributed by atoms with Crippen molar-refractivity contribution in [2.75, 3.05) is 25.6 Å². The molecule has 9 heteroatoms. The standard InChI is InChI=1S/C22H23N3O4S2/c1-29-14-13-24-31(27,28)21-10-4-18(5-11-21)22(26)25-19-6-8-20(9-7-19)30-16-17-3-2-12-23-15-17/h2-12,15,24H,13-14,16H2,1H3,(H,25,26). The van der Waals surface area contributed by atoms with Crippen LogP contribution in [0.4, 0.5) is 5.69 Å². The van der Waals surface area contributed by atoms with E-state index in [4.69, 9.17) is 4.74 Å². The van der Waals surface area contributed by atoms with E-state index in [0.717, 1.165) is 16.2 Å². The summed E-state index contributed by atoms with van der Waals surface area (Å²) in [4.78, 5) is 17.8. The van der Waals surface area contributed by atoms with Crippen LogP contribution in [-0.2, 0) is 20.5 Å². The number of anilines is 1. The van der Waals surface area contributed by atoms with Crippen molar-refractivity contribution in [3.8, 4) is 0 Å². The van der Waals surface area contributed by atoms with Crippen molar-refractivity contribution < 1.29 is 17.9 Å². The van der Waals surface area contributed by atoms with Crippen LogP contribution in [0, 0.1) is 0 Å². The maximum absolute atomic E-state index is 12.5. The molecule has 0 aliphatic rings. The van der Waals surface area contributed by atoms with Gasteiger partial charge in [-0.1, -0.05) is 6.07 Å². The number of sulfonamides is 1. The van der Waals surface area contributed by atoms with E-state index in [1.807, 2.05) is 42.6 Å². The molecular weight excluding hydrogens is 434 g/mol. The summed E-state index contributed by atoms with van der Waals surface area (Å²) in [6.07, 6.45) is 3.59. The molecule has 3 aromatic rings. The first kappa shape index (κ1) is 23.0. The summed E-state index contributed by atoms with van der Waals surface area (Å²) in [7, 11) is -2.14. The van der Waals surface area contributed by atoms with E-state index in [9.17, 15) is 13.2 Å². The van der Waals surface area contributed by atoms with E-state index in [-0.39, 0.29) is 24.0 Å². The van der Waals surface area contributed by atoms with E-state index >= 15 is 0 Å². The Morgan fingerprint density at radius 1 is 1.06 bits per heavy atom. The Kier molecular flexibility index (Phi) is 8.19. The Morgan fingerprint density at radius 3 is 2.45 bits per heavy atom. The van der Waals surface area contributed by atoms with Crippen molar-refractivity contribution in [3.05, 3.63) is 84.2 Å². The summed E-state index contributed by atoms with van der Waals surface area (Å²) < 4.78 is 31.6. The molecule has 2 aromatic carbocycles. The normalized spacial score (nSPS) is 11.3. The largest absolute Gasteiger partial charge is 0.383 e. The quantitative estimate of drug-likeness (QED) is 0.357. The lowest BCUT2D eigenvalue weighted by molar-refractivity contribution is 0.102.